The number of carbonyl (C=O) groups is 2. The first-order valence-corrected chi connectivity index (χ1v) is 6.82. The summed E-state index contributed by atoms with van der Waals surface area (Å²) >= 11 is 0. The van der Waals surface area contributed by atoms with Crippen molar-refractivity contribution in [3.05, 3.63) is 35.9 Å². The van der Waals surface area contributed by atoms with Crippen LogP contribution in [0.1, 0.15) is 25.3 Å². The fraction of sp³-hybridized carbons (Fsp3) is 0.467. The lowest BCUT2D eigenvalue weighted by Crippen LogP contribution is -2.36. The molecule has 2 amide bonds. The molecule has 110 valence electrons. The van der Waals surface area contributed by atoms with Gasteiger partial charge < -0.3 is 15.7 Å². The van der Waals surface area contributed by atoms with Crippen LogP contribution in [-0.2, 0) is 16.0 Å². The van der Waals surface area contributed by atoms with E-state index in [-0.39, 0.29) is 30.9 Å². The lowest BCUT2D eigenvalue weighted by atomic mass is 10.1. The van der Waals surface area contributed by atoms with Crippen LogP contribution in [0.5, 0.6) is 0 Å². The minimum atomic E-state index is -0.119. The highest BCUT2D eigenvalue weighted by molar-refractivity contribution is 5.80. The molecule has 0 aliphatic rings. The number of aliphatic hydroxyl groups excluding tert-OH is 1. The zero-order valence-electron chi connectivity index (χ0n) is 11.8. The van der Waals surface area contributed by atoms with Gasteiger partial charge >= 0.3 is 0 Å². The van der Waals surface area contributed by atoms with Gasteiger partial charge in [0.05, 0.1) is 6.42 Å². The Hall–Kier alpha value is -1.88. The van der Waals surface area contributed by atoms with E-state index in [1.807, 2.05) is 37.3 Å². The molecule has 0 aromatic heterocycles. The van der Waals surface area contributed by atoms with Crippen molar-refractivity contribution in [1.29, 1.82) is 0 Å². The predicted molar refractivity (Wildman–Crippen MR) is 77.1 cm³/mol. The van der Waals surface area contributed by atoms with Crippen LogP contribution in [0.3, 0.4) is 0 Å². The van der Waals surface area contributed by atoms with Crippen molar-refractivity contribution in [2.45, 2.75) is 32.2 Å². The van der Waals surface area contributed by atoms with E-state index in [4.69, 9.17) is 5.11 Å². The third-order valence-electron chi connectivity index (χ3n) is 2.85. The molecule has 0 heterocycles. The Kier molecular flexibility index (Phi) is 7.35. The Bertz CT molecular complexity index is 420. The van der Waals surface area contributed by atoms with Crippen LogP contribution in [0.2, 0.25) is 0 Å². The maximum atomic E-state index is 11.6. The Morgan fingerprint density at radius 3 is 2.55 bits per heavy atom. The molecule has 5 heteroatoms. The van der Waals surface area contributed by atoms with Gasteiger partial charge in [0.15, 0.2) is 0 Å². The lowest BCUT2D eigenvalue weighted by molar-refractivity contribution is -0.122. The predicted octanol–water partition coefficient (Wildman–Crippen LogP) is 0.623. The van der Waals surface area contributed by atoms with Crippen LogP contribution in [0.25, 0.3) is 0 Å². The van der Waals surface area contributed by atoms with E-state index in [1.54, 1.807) is 0 Å². The fourth-order valence-corrected chi connectivity index (χ4v) is 1.77. The summed E-state index contributed by atoms with van der Waals surface area (Å²) in [6.45, 7) is 2.21. The van der Waals surface area contributed by atoms with Crippen molar-refractivity contribution in [2.24, 2.45) is 0 Å². The van der Waals surface area contributed by atoms with Crippen LogP contribution >= 0.6 is 0 Å². The first-order valence-electron chi connectivity index (χ1n) is 6.82. The maximum absolute atomic E-state index is 11.6. The number of aliphatic hydroxyl groups is 1. The van der Waals surface area contributed by atoms with E-state index in [2.05, 4.69) is 10.6 Å². The summed E-state index contributed by atoms with van der Waals surface area (Å²) in [6, 6.07) is 9.41. The van der Waals surface area contributed by atoms with E-state index < -0.39 is 0 Å². The van der Waals surface area contributed by atoms with Gasteiger partial charge in [-0.1, -0.05) is 30.3 Å². The van der Waals surface area contributed by atoms with Gasteiger partial charge in [0.1, 0.15) is 0 Å². The van der Waals surface area contributed by atoms with Crippen molar-refractivity contribution in [3.8, 4) is 0 Å². The van der Waals surface area contributed by atoms with Gasteiger partial charge in [-0.15, -0.1) is 0 Å². The topological polar surface area (TPSA) is 78.4 Å². The Balaban J connectivity index is 2.17. The number of nitrogens with one attached hydrogen (secondary N) is 2. The van der Waals surface area contributed by atoms with Crippen LogP contribution in [-0.4, -0.2) is 36.1 Å². The zero-order chi connectivity index (χ0) is 14.8. The Morgan fingerprint density at radius 2 is 1.90 bits per heavy atom. The molecular formula is C15H22N2O3. The van der Waals surface area contributed by atoms with E-state index in [0.29, 0.717) is 19.4 Å². The summed E-state index contributed by atoms with van der Waals surface area (Å²) < 4.78 is 0. The lowest BCUT2D eigenvalue weighted by Gasteiger charge is -2.12. The molecular weight excluding hydrogens is 256 g/mol. The number of hydrogen-bond donors (Lipinski definition) is 3. The van der Waals surface area contributed by atoms with Gasteiger partial charge in [-0.2, -0.15) is 0 Å². The maximum Gasteiger partial charge on any atom is 0.224 e. The quantitative estimate of drug-likeness (QED) is 0.652. The Labute approximate surface area is 119 Å². The number of benzene rings is 1. The number of carbonyl (C=O) groups excluding carboxylic acids is 2. The summed E-state index contributed by atoms with van der Waals surface area (Å²) in [5.74, 6) is -0.210. The summed E-state index contributed by atoms with van der Waals surface area (Å²) in [7, 11) is 0. The molecule has 0 bridgehead atoms. The second-order valence-corrected chi connectivity index (χ2v) is 4.74. The minimum absolute atomic E-state index is 0.0486. The highest BCUT2D eigenvalue weighted by atomic mass is 16.3. The average molecular weight is 278 g/mol. The molecule has 0 radical (unpaired) electrons. The SMILES string of the molecule is CC(CCO)NC(=O)CCNC(=O)Cc1ccccc1. The molecule has 3 N–H and O–H groups in total. The van der Waals surface area contributed by atoms with E-state index in [0.717, 1.165) is 5.56 Å². The third-order valence-corrected chi connectivity index (χ3v) is 2.85. The van der Waals surface area contributed by atoms with Crippen LogP contribution in [0.15, 0.2) is 30.3 Å². The molecule has 0 spiro atoms. The van der Waals surface area contributed by atoms with Gasteiger partial charge in [0.2, 0.25) is 11.8 Å². The van der Waals surface area contributed by atoms with E-state index >= 15 is 0 Å². The van der Waals surface area contributed by atoms with Crippen molar-refractivity contribution in [1.82, 2.24) is 10.6 Å². The molecule has 0 aliphatic heterocycles. The van der Waals surface area contributed by atoms with Gasteiger partial charge in [-0.05, 0) is 18.9 Å². The van der Waals surface area contributed by atoms with Crippen molar-refractivity contribution in [3.63, 3.8) is 0 Å². The summed E-state index contributed by atoms with van der Waals surface area (Å²) in [4.78, 5) is 23.2. The fourth-order valence-electron chi connectivity index (χ4n) is 1.77. The molecule has 1 aromatic rings. The van der Waals surface area contributed by atoms with Crippen LogP contribution in [0.4, 0.5) is 0 Å². The average Bonchev–Trinajstić information content (AvgIpc) is 2.39. The highest BCUT2D eigenvalue weighted by Gasteiger charge is 2.07. The van der Waals surface area contributed by atoms with Crippen molar-refractivity contribution in [2.75, 3.05) is 13.2 Å². The molecule has 1 aromatic carbocycles. The molecule has 0 fully saturated rings. The van der Waals surface area contributed by atoms with Gasteiger partial charge in [-0.25, -0.2) is 0 Å². The standard InChI is InChI=1S/C15H22N2O3/c1-12(8-10-18)17-14(19)7-9-16-15(20)11-13-5-3-2-4-6-13/h2-6,12,18H,7-11H2,1H3,(H,16,20)(H,17,19). The van der Waals surface area contributed by atoms with Gasteiger partial charge in [0.25, 0.3) is 0 Å². The summed E-state index contributed by atoms with van der Waals surface area (Å²) in [5, 5.41) is 14.2. The second-order valence-electron chi connectivity index (χ2n) is 4.74. The molecule has 0 saturated heterocycles. The van der Waals surface area contributed by atoms with Crippen LogP contribution < -0.4 is 10.6 Å². The first-order chi connectivity index (χ1) is 9.61. The zero-order valence-corrected chi connectivity index (χ0v) is 11.8. The largest absolute Gasteiger partial charge is 0.396 e. The Morgan fingerprint density at radius 1 is 1.20 bits per heavy atom. The number of rotatable bonds is 8. The monoisotopic (exact) mass is 278 g/mol. The van der Waals surface area contributed by atoms with Crippen molar-refractivity contribution < 1.29 is 14.7 Å². The van der Waals surface area contributed by atoms with E-state index in [1.165, 1.54) is 0 Å². The first kappa shape index (κ1) is 16.2. The minimum Gasteiger partial charge on any atom is -0.396 e. The molecule has 0 aliphatic carbocycles. The van der Waals surface area contributed by atoms with Crippen molar-refractivity contribution >= 4 is 11.8 Å². The number of amides is 2. The smallest absolute Gasteiger partial charge is 0.224 e. The molecule has 0 saturated carbocycles. The summed E-state index contributed by atoms with van der Waals surface area (Å²) in [5.41, 5.74) is 0.950. The molecule has 5 nitrogen and oxygen atoms in total. The van der Waals surface area contributed by atoms with Gasteiger partial charge in [0, 0.05) is 25.6 Å². The van der Waals surface area contributed by atoms with Gasteiger partial charge in [-0.3, -0.25) is 9.59 Å². The molecule has 1 unspecified atom stereocenters. The second kappa shape index (κ2) is 9.09. The van der Waals surface area contributed by atoms with E-state index in [9.17, 15) is 9.59 Å². The normalized spacial score (nSPS) is 11.7. The molecule has 1 atom stereocenters. The van der Waals surface area contributed by atoms with Crippen LogP contribution in [0, 0.1) is 0 Å². The highest BCUT2D eigenvalue weighted by Crippen LogP contribution is 1.99. The summed E-state index contributed by atoms with van der Waals surface area (Å²) in [6.07, 6.45) is 1.10. The third kappa shape index (κ3) is 6.89. The molecule has 20 heavy (non-hydrogen) atoms. The molecule has 1 rings (SSSR count). The number of hydrogen-bond acceptors (Lipinski definition) is 3.